The first-order valence-electron chi connectivity index (χ1n) is 11.3. The lowest BCUT2D eigenvalue weighted by Crippen LogP contribution is -2.09. The number of anilines is 1. The number of rotatable bonds is 10. The molecule has 0 radical (unpaired) electrons. The lowest BCUT2D eigenvalue weighted by Gasteiger charge is -2.10. The third-order valence-corrected chi connectivity index (χ3v) is 7.19. The van der Waals surface area contributed by atoms with E-state index in [2.05, 4.69) is 17.4 Å². The summed E-state index contributed by atoms with van der Waals surface area (Å²) < 4.78 is 5.75. The first kappa shape index (κ1) is 24.6. The molecule has 0 fully saturated rings. The second-order valence-corrected chi connectivity index (χ2v) is 10.3. The molecular weight excluding hydrogens is 482 g/mol. The Kier molecular flexibility index (Phi) is 7.89. The number of thiazole rings is 1. The van der Waals surface area contributed by atoms with Gasteiger partial charge in [-0.2, -0.15) is 0 Å². The smallest absolute Gasteiger partial charge is 0.324 e. The summed E-state index contributed by atoms with van der Waals surface area (Å²) in [4.78, 5) is 29.2. The van der Waals surface area contributed by atoms with Crippen LogP contribution < -0.4 is 10.1 Å². The Morgan fingerprint density at radius 1 is 1.03 bits per heavy atom. The van der Waals surface area contributed by atoms with Crippen molar-refractivity contribution in [3.05, 3.63) is 92.2 Å². The number of hydrogen-bond acceptors (Lipinski definition) is 7. The maximum Gasteiger partial charge on any atom is 0.324 e. The monoisotopic (exact) mass is 507 g/mol. The zero-order valence-electron chi connectivity index (χ0n) is 19.4. The molecule has 4 rings (SSSR count). The van der Waals surface area contributed by atoms with E-state index < -0.39 is 10.8 Å². The number of carbonyl (C=O) groups is 1. The number of amides is 1. The molecule has 2 heterocycles. The number of thiophene rings is 1. The van der Waals surface area contributed by atoms with E-state index in [-0.39, 0.29) is 16.0 Å². The van der Waals surface area contributed by atoms with Crippen LogP contribution in [-0.2, 0) is 12.8 Å². The highest BCUT2D eigenvalue weighted by Gasteiger charge is 2.19. The van der Waals surface area contributed by atoms with Crippen LogP contribution in [0.1, 0.15) is 40.4 Å². The molecule has 0 saturated heterocycles. The normalized spacial score (nSPS) is 10.9. The van der Waals surface area contributed by atoms with E-state index in [1.54, 1.807) is 0 Å². The first-order chi connectivity index (χ1) is 16.9. The van der Waals surface area contributed by atoms with Gasteiger partial charge in [-0.15, -0.1) is 11.3 Å². The molecule has 0 spiro atoms. The van der Waals surface area contributed by atoms with Crippen molar-refractivity contribution < 1.29 is 14.5 Å². The van der Waals surface area contributed by atoms with Crippen LogP contribution in [0.2, 0.25) is 0 Å². The van der Waals surface area contributed by atoms with Crippen molar-refractivity contribution in [3.63, 3.8) is 0 Å². The maximum atomic E-state index is 12.7. The Balaban J connectivity index is 1.55. The molecule has 1 N–H and O–H groups in total. The molecule has 7 nitrogen and oxygen atoms in total. The van der Waals surface area contributed by atoms with Crippen LogP contribution in [0.25, 0.3) is 11.3 Å². The quantitative estimate of drug-likeness (QED) is 0.184. The Morgan fingerprint density at radius 3 is 2.43 bits per heavy atom. The average Bonchev–Trinajstić information content (AvgIpc) is 3.48. The number of aromatic nitrogens is 1. The van der Waals surface area contributed by atoms with Crippen molar-refractivity contribution in [1.29, 1.82) is 0 Å². The van der Waals surface area contributed by atoms with Crippen molar-refractivity contribution in [2.75, 3.05) is 5.32 Å². The Morgan fingerprint density at radius 2 is 1.77 bits per heavy atom. The summed E-state index contributed by atoms with van der Waals surface area (Å²) in [6.07, 6.45) is 2.79. The van der Waals surface area contributed by atoms with Crippen molar-refractivity contribution in [2.45, 2.75) is 39.2 Å². The summed E-state index contributed by atoms with van der Waals surface area (Å²) >= 11 is 2.28. The molecular formula is C26H25N3O4S2. The molecule has 0 unspecified atom stereocenters. The Hall–Kier alpha value is -3.56. The van der Waals surface area contributed by atoms with Crippen LogP contribution in [0, 0.1) is 10.1 Å². The van der Waals surface area contributed by atoms with E-state index in [4.69, 9.17) is 9.72 Å². The van der Waals surface area contributed by atoms with E-state index in [1.165, 1.54) is 29.0 Å². The van der Waals surface area contributed by atoms with Gasteiger partial charge in [0.15, 0.2) is 5.13 Å². The largest absolute Gasteiger partial charge is 0.491 e. The van der Waals surface area contributed by atoms with Crippen LogP contribution >= 0.6 is 22.7 Å². The topological polar surface area (TPSA) is 94.4 Å². The fraction of sp³-hybridized carbons (Fsp3) is 0.231. The fourth-order valence-electron chi connectivity index (χ4n) is 3.57. The van der Waals surface area contributed by atoms with Gasteiger partial charge < -0.3 is 4.74 Å². The van der Waals surface area contributed by atoms with E-state index in [1.807, 2.05) is 56.3 Å². The molecule has 1 amide bonds. The molecule has 0 aliphatic carbocycles. The van der Waals surface area contributed by atoms with Gasteiger partial charge in [0.1, 0.15) is 5.75 Å². The highest BCUT2D eigenvalue weighted by molar-refractivity contribution is 7.18. The van der Waals surface area contributed by atoms with Crippen molar-refractivity contribution in [3.8, 4) is 17.0 Å². The minimum absolute atomic E-state index is 0.0692. The zero-order chi connectivity index (χ0) is 24.8. The summed E-state index contributed by atoms with van der Waals surface area (Å²) in [5.74, 6) is 0.386. The molecule has 180 valence electrons. The van der Waals surface area contributed by atoms with E-state index in [9.17, 15) is 14.9 Å². The molecule has 0 saturated carbocycles. The maximum absolute atomic E-state index is 12.7. The molecule has 0 atom stereocenters. The minimum Gasteiger partial charge on any atom is -0.491 e. The van der Waals surface area contributed by atoms with Gasteiger partial charge >= 0.3 is 5.00 Å². The average molecular weight is 508 g/mol. The minimum atomic E-state index is -0.500. The highest BCUT2D eigenvalue weighted by Crippen LogP contribution is 2.34. The van der Waals surface area contributed by atoms with Crippen LogP contribution in [0.5, 0.6) is 5.75 Å². The van der Waals surface area contributed by atoms with Gasteiger partial charge in [0.2, 0.25) is 0 Å². The molecule has 0 aliphatic rings. The second kappa shape index (κ2) is 11.2. The number of nitrogens with zero attached hydrogens (tertiary/aromatic N) is 2. The second-order valence-electron chi connectivity index (χ2n) is 8.17. The number of aryl methyl sites for hydroxylation is 2. The summed E-state index contributed by atoms with van der Waals surface area (Å²) in [5, 5.41) is 14.2. The standard InChI is InChI=1S/C26H25N3O4S2/c1-17(2)33-20-13-11-19(12-14-20)24-21(10-6-9-18-7-4-3-5-8-18)35-26(27-24)28-25(30)22-15-16-23(34-22)29(31)32/h3-5,7-8,11-17H,6,9-10H2,1-2H3,(H,27,28,30). The number of carbonyl (C=O) groups excluding carboxylic acids is 1. The van der Waals surface area contributed by atoms with Gasteiger partial charge in [0, 0.05) is 16.5 Å². The van der Waals surface area contributed by atoms with Gasteiger partial charge in [-0.05, 0) is 69.0 Å². The van der Waals surface area contributed by atoms with Gasteiger partial charge in [0.25, 0.3) is 5.91 Å². The van der Waals surface area contributed by atoms with Crippen LogP contribution in [0.3, 0.4) is 0 Å². The molecule has 0 aliphatic heterocycles. The Labute approximate surface area is 211 Å². The van der Waals surface area contributed by atoms with E-state index in [0.29, 0.717) is 5.13 Å². The lowest BCUT2D eigenvalue weighted by molar-refractivity contribution is -0.380. The molecule has 9 heteroatoms. The summed E-state index contributed by atoms with van der Waals surface area (Å²) in [5.41, 5.74) is 3.05. The van der Waals surface area contributed by atoms with Gasteiger partial charge in [-0.3, -0.25) is 20.2 Å². The third-order valence-electron chi connectivity index (χ3n) is 5.13. The third kappa shape index (κ3) is 6.52. The molecule has 2 aromatic heterocycles. The highest BCUT2D eigenvalue weighted by atomic mass is 32.1. The number of nitro groups is 1. The fourth-order valence-corrected chi connectivity index (χ4v) is 5.30. The number of benzene rings is 2. The Bertz CT molecular complexity index is 1300. The lowest BCUT2D eigenvalue weighted by atomic mass is 10.1. The predicted molar refractivity (Wildman–Crippen MR) is 141 cm³/mol. The summed E-state index contributed by atoms with van der Waals surface area (Å²) in [6.45, 7) is 3.96. The molecule has 4 aromatic rings. The number of nitrogens with one attached hydrogen (secondary N) is 1. The zero-order valence-corrected chi connectivity index (χ0v) is 21.0. The van der Waals surface area contributed by atoms with Crippen molar-refractivity contribution in [1.82, 2.24) is 4.98 Å². The SMILES string of the molecule is CC(C)Oc1ccc(-c2nc(NC(=O)c3ccc([N+](=O)[O-])s3)sc2CCCc2ccccc2)cc1. The van der Waals surface area contributed by atoms with Crippen molar-refractivity contribution >= 4 is 38.7 Å². The number of hydrogen-bond donors (Lipinski definition) is 1. The van der Waals surface area contributed by atoms with Gasteiger partial charge in [-0.1, -0.05) is 41.7 Å². The molecule has 35 heavy (non-hydrogen) atoms. The van der Waals surface area contributed by atoms with Crippen LogP contribution in [0.15, 0.2) is 66.7 Å². The summed E-state index contributed by atoms with van der Waals surface area (Å²) in [7, 11) is 0. The van der Waals surface area contributed by atoms with Crippen LogP contribution in [0.4, 0.5) is 10.1 Å². The van der Waals surface area contributed by atoms with Crippen LogP contribution in [-0.4, -0.2) is 21.9 Å². The van der Waals surface area contributed by atoms with Gasteiger partial charge in [0.05, 0.1) is 21.6 Å². The first-order valence-corrected chi connectivity index (χ1v) is 12.9. The number of ether oxygens (including phenoxy) is 1. The van der Waals surface area contributed by atoms with Gasteiger partial charge in [-0.25, -0.2) is 4.98 Å². The molecule has 0 bridgehead atoms. The summed E-state index contributed by atoms with van der Waals surface area (Å²) in [6, 6.07) is 20.9. The van der Waals surface area contributed by atoms with E-state index in [0.717, 1.165) is 52.5 Å². The predicted octanol–water partition coefficient (Wildman–Crippen LogP) is 6.99. The molecule has 2 aromatic carbocycles. The van der Waals surface area contributed by atoms with Crippen molar-refractivity contribution in [2.24, 2.45) is 0 Å². The van der Waals surface area contributed by atoms with E-state index >= 15 is 0 Å².